The van der Waals surface area contributed by atoms with E-state index in [4.69, 9.17) is 56.8 Å². The molecule has 0 aromatic heterocycles. The van der Waals surface area contributed by atoms with Crippen molar-refractivity contribution in [3.05, 3.63) is 11.6 Å². The zero-order valence-electron chi connectivity index (χ0n) is 40.5. The van der Waals surface area contributed by atoms with Gasteiger partial charge in [-0.05, 0) is 97.3 Å². The molecule has 0 aromatic rings. The molecule has 0 amide bonds. The molecule has 8 rings (SSSR count). The smallest absolute Gasteiger partial charge is 0.161 e. The fourth-order valence-electron chi connectivity index (χ4n) is 13.7. The van der Waals surface area contributed by atoms with E-state index in [0.717, 1.165) is 19.3 Å². The van der Waals surface area contributed by atoms with Gasteiger partial charge in [0.15, 0.2) is 25.2 Å². The fraction of sp³-hybridized carbons (Fsp3) is 0.918. The van der Waals surface area contributed by atoms with Gasteiger partial charge in [-0.3, -0.25) is 9.59 Å². The number of aliphatic hydroxyl groups is 2. The number of methoxy groups -OCH3 is 4. The van der Waals surface area contributed by atoms with E-state index in [0.29, 0.717) is 51.4 Å². The summed E-state index contributed by atoms with van der Waals surface area (Å²) in [6.45, 7) is 13.3. The molecule has 4 heterocycles. The zero-order valence-corrected chi connectivity index (χ0v) is 40.5. The Kier molecular flexibility index (Phi) is 15.2. The second-order valence-corrected chi connectivity index (χ2v) is 21.0. The van der Waals surface area contributed by atoms with Crippen LogP contribution in [0.15, 0.2) is 11.6 Å². The summed E-state index contributed by atoms with van der Waals surface area (Å²) >= 11 is 0. The normalized spacial score (nSPS) is 51.4. The molecule has 0 radical (unpaired) electrons. The minimum absolute atomic E-state index is 0.00478. The molecule has 3 saturated carbocycles. The first-order chi connectivity index (χ1) is 30.9. The van der Waals surface area contributed by atoms with Gasteiger partial charge in [0.1, 0.15) is 36.0 Å². The molecular weight excluding hydrogens is 845 g/mol. The van der Waals surface area contributed by atoms with Crippen molar-refractivity contribution >= 4 is 11.6 Å². The first-order valence-electron chi connectivity index (χ1n) is 24.4. The van der Waals surface area contributed by atoms with Gasteiger partial charge in [-0.15, -0.1) is 0 Å². The van der Waals surface area contributed by atoms with Crippen LogP contribution in [0.5, 0.6) is 0 Å². The molecule has 4 saturated heterocycles. The quantitative estimate of drug-likeness (QED) is 0.236. The van der Waals surface area contributed by atoms with Crippen molar-refractivity contribution in [3.8, 4) is 0 Å². The number of hydrogen-bond acceptors (Lipinski definition) is 16. The number of ether oxygens (including phenoxy) is 12. The first-order valence-corrected chi connectivity index (χ1v) is 24.4. The number of carbonyl (C=O) groups excluding carboxylic acids is 2. The Hall–Kier alpha value is -1.48. The van der Waals surface area contributed by atoms with Crippen LogP contribution < -0.4 is 0 Å². The average molecular weight is 923 g/mol. The van der Waals surface area contributed by atoms with E-state index in [1.54, 1.807) is 42.3 Å². The van der Waals surface area contributed by atoms with Crippen molar-refractivity contribution < 1.29 is 76.6 Å². The van der Waals surface area contributed by atoms with E-state index in [-0.39, 0.29) is 59.3 Å². The number of aliphatic hydroxyl groups excluding tert-OH is 1. The molecule has 8 aliphatic rings. The van der Waals surface area contributed by atoms with Crippen LogP contribution in [0.4, 0.5) is 0 Å². The predicted octanol–water partition coefficient (Wildman–Crippen LogP) is 4.95. The van der Waals surface area contributed by atoms with Crippen molar-refractivity contribution in [1.29, 1.82) is 0 Å². The molecule has 4 aliphatic carbocycles. The minimum Gasteiger partial charge on any atom is -0.389 e. The Labute approximate surface area is 385 Å². The van der Waals surface area contributed by atoms with Crippen molar-refractivity contribution in [2.24, 2.45) is 28.6 Å². The number of carbonyl (C=O) groups is 2. The third kappa shape index (κ3) is 9.11. The first kappa shape index (κ1) is 49.9. The number of fused-ring (bicyclic) bond motifs is 5. The Balaban J connectivity index is 0.835. The van der Waals surface area contributed by atoms with Crippen LogP contribution in [0, 0.1) is 28.6 Å². The molecule has 0 spiro atoms. The van der Waals surface area contributed by atoms with Gasteiger partial charge in [0, 0.05) is 66.5 Å². The van der Waals surface area contributed by atoms with Gasteiger partial charge in [-0.1, -0.05) is 18.6 Å². The Morgan fingerprint density at radius 1 is 0.646 bits per heavy atom. The van der Waals surface area contributed by atoms with Crippen LogP contribution >= 0.6 is 0 Å². The van der Waals surface area contributed by atoms with E-state index in [1.807, 2.05) is 27.7 Å². The lowest BCUT2D eigenvalue weighted by Crippen LogP contribution is -2.64. The standard InChI is InChI=1S/C49H78O16/c1-24(50)31-15-17-49(53)32-13-12-29-18-30(14-16-47(29,6)33(32)19-38(51)48(31,49)7)62-39-21-35(55-9)44(26(3)59-39)64-41-23-37(57-11)46(28(5)61-41)65-42-22-36(56-10)45(27(4)60-42)63-40-20-34(54-8)43(52)25(2)58-40/h12,25-28,30-37,39-46,52-53H,13-23H2,1-11H3/t25-,26-,27-,28-,30+,31-,32-,33+,34-,35+,36-,37+,39+,40+,41+,42+,43-,44-,45-,46-,47+,48+,49+/m1/s1. The molecule has 0 unspecified atom stereocenters. The van der Waals surface area contributed by atoms with Crippen LogP contribution in [-0.2, 0) is 66.4 Å². The second kappa shape index (κ2) is 19.7. The van der Waals surface area contributed by atoms with Crippen LogP contribution in [-0.4, -0.2) is 160 Å². The Bertz CT molecular complexity index is 1710. The third-order valence-electron chi connectivity index (χ3n) is 17.6. The highest BCUT2D eigenvalue weighted by molar-refractivity contribution is 5.94. The van der Waals surface area contributed by atoms with Gasteiger partial charge < -0.3 is 67.1 Å². The highest BCUT2D eigenvalue weighted by Crippen LogP contribution is 2.67. The van der Waals surface area contributed by atoms with E-state index in [2.05, 4.69) is 13.0 Å². The summed E-state index contributed by atoms with van der Waals surface area (Å²) in [7, 11) is 6.56. The van der Waals surface area contributed by atoms with Crippen molar-refractivity contribution in [1.82, 2.24) is 0 Å². The largest absolute Gasteiger partial charge is 0.389 e. The molecule has 370 valence electrons. The summed E-state index contributed by atoms with van der Waals surface area (Å²) in [5.41, 5.74) is -1.12. The Morgan fingerprint density at radius 2 is 1.11 bits per heavy atom. The summed E-state index contributed by atoms with van der Waals surface area (Å²) < 4.78 is 75.1. The van der Waals surface area contributed by atoms with Gasteiger partial charge in [-0.2, -0.15) is 0 Å². The summed E-state index contributed by atoms with van der Waals surface area (Å²) in [5, 5.41) is 22.7. The summed E-state index contributed by atoms with van der Waals surface area (Å²) in [6.07, 6.45) is 1.05. The van der Waals surface area contributed by atoms with Crippen molar-refractivity contribution in [2.75, 3.05) is 28.4 Å². The molecule has 2 N–H and O–H groups in total. The average Bonchev–Trinajstić information content (AvgIpc) is 3.56. The van der Waals surface area contributed by atoms with Crippen LogP contribution in [0.3, 0.4) is 0 Å². The van der Waals surface area contributed by atoms with Crippen LogP contribution in [0.1, 0.15) is 119 Å². The zero-order chi connectivity index (χ0) is 46.7. The van der Waals surface area contributed by atoms with Gasteiger partial charge >= 0.3 is 0 Å². The predicted molar refractivity (Wildman–Crippen MR) is 232 cm³/mol. The summed E-state index contributed by atoms with van der Waals surface area (Å²) in [5.74, 6) is -0.399. The number of rotatable bonds is 13. The van der Waals surface area contributed by atoms with Crippen LogP contribution in [0.2, 0.25) is 0 Å². The van der Waals surface area contributed by atoms with E-state index < -0.39 is 90.9 Å². The molecule has 4 aliphatic heterocycles. The summed E-state index contributed by atoms with van der Waals surface area (Å²) in [6, 6.07) is 0. The van der Waals surface area contributed by atoms with Crippen molar-refractivity contribution in [2.45, 2.75) is 229 Å². The number of allylic oxidation sites excluding steroid dienone is 1. The van der Waals surface area contributed by atoms with Crippen LogP contribution in [0.25, 0.3) is 0 Å². The topological polar surface area (TPSA) is 185 Å². The maximum absolute atomic E-state index is 14.0. The molecule has 0 aromatic carbocycles. The lowest BCUT2D eigenvalue weighted by molar-refractivity contribution is -0.347. The lowest BCUT2D eigenvalue weighted by Gasteiger charge is -2.60. The molecule has 16 nitrogen and oxygen atoms in total. The highest BCUT2D eigenvalue weighted by Gasteiger charge is 2.70. The SMILES string of the molecule is CO[C@H]1C[C@H](O[C@H]2CC[C@@]3(C)C(=CC[C@@H]4[C@@H]3CC(=O)[C@]3(C)[C@@H](C(C)=O)CC[C@]43O)C2)O[C@H](C)[C@H]1O[C@H]1C[C@H](OC)[C@H](O[C@H]2C[C@@H](OC)[C@H](O[C@H]3C[C@@H](OC)[C@H](O)[C@@H](C)O3)[C@@H](C)O2)[C@@H](C)O1. The fourth-order valence-corrected chi connectivity index (χ4v) is 13.7. The van der Waals surface area contributed by atoms with Gasteiger partial charge in [0.25, 0.3) is 0 Å². The van der Waals surface area contributed by atoms with E-state index in [1.165, 1.54) is 5.57 Å². The third-order valence-corrected chi connectivity index (χ3v) is 17.6. The lowest BCUT2D eigenvalue weighted by atomic mass is 9.45. The number of hydrogen-bond donors (Lipinski definition) is 2. The molecule has 23 atom stereocenters. The summed E-state index contributed by atoms with van der Waals surface area (Å²) in [4.78, 5) is 26.6. The maximum atomic E-state index is 14.0. The van der Waals surface area contributed by atoms with Crippen molar-refractivity contribution in [3.63, 3.8) is 0 Å². The Morgan fingerprint density at radius 3 is 1.58 bits per heavy atom. The molecule has 0 bridgehead atoms. The monoisotopic (exact) mass is 923 g/mol. The second-order valence-electron chi connectivity index (χ2n) is 21.0. The number of ketones is 2. The van der Waals surface area contributed by atoms with Gasteiger partial charge in [0.05, 0.1) is 66.0 Å². The maximum Gasteiger partial charge on any atom is 0.161 e. The molecule has 16 heteroatoms. The molecule has 65 heavy (non-hydrogen) atoms. The van der Waals surface area contributed by atoms with E-state index in [9.17, 15) is 19.8 Å². The van der Waals surface area contributed by atoms with Gasteiger partial charge in [-0.25, -0.2) is 0 Å². The minimum atomic E-state index is -1.17. The molecule has 7 fully saturated rings. The van der Waals surface area contributed by atoms with E-state index >= 15 is 0 Å². The molecular formula is C49H78O16. The van der Waals surface area contributed by atoms with Gasteiger partial charge in [0.2, 0.25) is 0 Å². The number of Topliss-reactive ketones (excluding diaryl/α,β-unsaturated/α-hetero) is 2. The highest BCUT2D eigenvalue weighted by atomic mass is 16.8.